The maximum Gasteiger partial charge on any atom is 0.170 e. The summed E-state index contributed by atoms with van der Waals surface area (Å²) in [5.41, 5.74) is 3.96. The summed E-state index contributed by atoms with van der Waals surface area (Å²) < 4.78 is 1.95. The summed E-state index contributed by atoms with van der Waals surface area (Å²) in [6.45, 7) is 9.78. The summed E-state index contributed by atoms with van der Waals surface area (Å²) in [4.78, 5) is 0. The predicted octanol–water partition coefficient (Wildman–Crippen LogP) is 4.14. The molecule has 0 spiro atoms. The van der Waals surface area contributed by atoms with Gasteiger partial charge in [-0.05, 0) is 43.6 Å². The Hall–Kier alpha value is -1.59. The van der Waals surface area contributed by atoms with Crippen molar-refractivity contribution >= 4 is 34.6 Å². The number of hydrogen-bond donors (Lipinski definition) is 2. The number of nitrogens with one attached hydrogen (secondary N) is 2. The number of rotatable bonds is 5. The van der Waals surface area contributed by atoms with E-state index in [1.54, 1.807) is 0 Å². The highest BCUT2D eigenvalue weighted by atomic mass is 35.5. The van der Waals surface area contributed by atoms with E-state index in [4.69, 9.17) is 23.8 Å². The molecule has 0 aliphatic heterocycles. The molecule has 124 valence electrons. The minimum absolute atomic E-state index is 0.542. The van der Waals surface area contributed by atoms with E-state index in [-0.39, 0.29) is 0 Å². The van der Waals surface area contributed by atoms with Gasteiger partial charge in [-0.1, -0.05) is 43.6 Å². The van der Waals surface area contributed by atoms with Crippen LogP contribution >= 0.6 is 23.8 Å². The van der Waals surface area contributed by atoms with Gasteiger partial charge < -0.3 is 10.6 Å². The Balaban J connectivity index is 2.13. The van der Waals surface area contributed by atoms with Crippen LogP contribution in [0.1, 0.15) is 30.8 Å². The molecule has 4 nitrogen and oxygen atoms in total. The van der Waals surface area contributed by atoms with Crippen LogP contribution in [0.5, 0.6) is 0 Å². The average Bonchev–Trinajstić information content (AvgIpc) is 2.75. The topological polar surface area (TPSA) is 41.9 Å². The van der Waals surface area contributed by atoms with Crippen molar-refractivity contribution in [3.8, 4) is 0 Å². The number of nitrogens with zero attached hydrogens (tertiary/aromatic N) is 2. The Labute approximate surface area is 148 Å². The lowest BCUT2D eigenvalue weighted by atomic mass is 10.2. The van der Waals surface area contributed by atoms with Crippen LogP contribution in [0.2, 0.25) is 5.02 Å². The van der Waals surface area contributed by atoms with Gasteiger partial charge >= 0.3 is 0 Å². The predicted molar refractivity (Wildman–Crippen MR) is 101 cm³/mol. The van der Waals surface area contributed by atoms with Crippen molar-refractivity contribution in [3.63, 3.8) is 0 Å². The molecule has 0 atom stereocenters. The Morgan fingerprint density at radius 1 is 1.30 bits per heavy atom. The highest BCUT2D eigenvalue weighted by molar-refractivity contribution is 7.80. The van der Waals surface area contributed by atoms with E-state index in [2.05, 4.69) is 29.6 Å². The van der Waals surface area contributed by atoms with Gasteiger partial charge in [0.15, 0.2) is 5.11 Å². The smallest absolute Gasteiger partial charge is 0.170 e. The highest BCUT2D eigenvalue weighted by Gasteiger charge is 2.13. The summed E-state index contributed by atoms with van der Waals surface area (Å²) in [5.74, 6) is 0.542. The van der Waals surface area contributed by atoms with Crippen molar-refractivity contribution in [3.05, 3.63) is 46.2 Å². The molecular formula is C17H23ClN4S. The molecule has 0 saturated carbocycles. The van der Waals surface area contributed by atoms with Crippen molar-refractivity contribution in [2.75, 3.05) is 11.9 Å². The van der Waals surface area contributed by atoms with Crippen LogP contribution < -0.4 is 10.6 Å². The number of aryl methyl sites for hydroxylation is 1. The molecule has 2 N–H and O–H groups in total. The molecule has 23 heavy (non-hydrogen) atoms. The lowest BCUT2D eigenvalue weighted by molar-refractivity contribution is 0.627. The van der Waals surface area contributed by atoms with E-state index in [1.165, 1.54) is 0 Å². The van der Waals surface area contributed by atoms with Crippen LogP contribution in [-0.4, -0.2) is 21.4 Å². The molecule has 0 fully saturated rings. The summed E-state index contributed by atoms with van der Waals surface area (Å²) in [5, 5.41) is 12.5. The third-order valence-electron chi connectivity index (χ3n) is 3.57. The molecule has 0 aliphatic rings. The normalized spacial score (nSPS) is 10.9. The largest absolute Gasteiger partial charge is 0.362 e. The SMILES string of the molecule is Cc1nn(Cc2ccccc2Cl)c(C)c1NC(=S)NCC(C)C. The van der Waals surface area contributed by atoms with Crippen molar-refractivity contribution in [1.82, 2.24) is 15.1 Å². The van der Waals surface area contributed by atoms with Crippen LogP contribution in [0, 0.1) is 19.8 Å². The Morgan fingerprint density at radius 3 is 2.65 bits per heavy atom. The molecule has 0 saturated heterocycles. The second-order valence-electron chi connectivity index (χ2n) is 6.02. The highest BCUT2D eigenvalue weighted by Crippen LogP contribution is 2.22. The molecule has 6 heteroatoms. The lowest BCUT2D eigenvalue weighted by Gasteiger charge is -2.12. The molecule has 2 rings (SSSR count). The van der Waals surface area contributed by atoms with Crippen LogP contribution in [0.15, 0.2) is 24.3 Å². The van der Waals surface area contributed by atoms with Crippen LogP contribution in [0.4, 0.5) is 5.69 Å². The zero-order valence-electron chi connectivity index (χ0n) is 14.0. The maximum absolute atomic E-state index is 6.24. The van der Waals surface area contributed by atoms with E-state index in [0.717, 1.165) is 34.2 Å². The number of benzene rings is 1. The van der Waals surface area contributed by atoms with E-state index >= 15 is 0 Å². The molecular weight excluding hydrogens is 328 g/mol. The molecule has 0 radical (unpaired) electrons. The summed E-state index contributed by atoms with van der Waals surface area (Å²) >= 11 is 11.6. The van der Waals surface area contributed by atoms with Gasteiger partial charge in [-0.25, -0.2) is 0 Å². The van der Waals surface area contributed by atoms with Gasteiger partial charge in [-0.2, -0.15) is 5.10 Å². The maximum atomic E-state index is 6.24. The van der Waals surface area contributed by atoms with Crippen molar-refractivity contribution in [2.24, 2.45) is 5.92 Å². The van der Waals surface area contributed by atoms with Crippen LogP contribution in [0.25, 0.3) is 0 Å². The molecule has 0 bridgehead atoms. The first-order valence-electron chi connectivity index (χ1n) is 7.70. The molecule has 0 unspecified atom stereocenters. The molecule has 1 heterocycles. The summed E-state index contributed by atoms with van der Waals surface area (Å²) in [6.07, 6.45) is 0. The number of aromatic nitrogens is 2. The standard InChI is InChI=1S/C17H23ClN4S/c1-11(2)9-19-17(23)20-16-12(3)21-22(13(16)4)10-14-7-5-6-8-15(14)18/h5-8,11H,9-10H2,1-4H3,(H2,19,20,23). The van der Waals surface area contributed by atoms with E-state index < -0.39 is 0 Å². The van der Waals surface area contributed by atoms with E-state index in [1.807, 2.05) is 42.8 Å². The molecule has 1 aromatic carbocycles. The Kier molecular flexibility index (Phi) is 6.02. The van der Waals surface area contributed by atoms with E-state index in [0.29, 0.717) is 17.6 Å². The van der Waals surface area contributed by atoms with Gasteiger partial charge in [-0.15, -0.1) is 0 Å². The van der Waals surface area contributed by atoms with Gasteiger partial charge in [-0.3, -0.25) is 4.68 Å². The van der Waals surface area contributed by atoms with Crippen molar-refractivity contribution in [1.29, 1.82) is 0 Å². The van der Waals surface area contributed by atoms with Gasteiger partial charge in [0.25, 0.3) is 0 Å². The number of thiocarbonyl (C=S) groups is 1. The van der Waals surface area contributed by atoms with Crippen LogP contribution in [0.3, 0.4) is 0 Å². The van der Waals surface area contributed by atoms with Gasteiger partial charge in [0.05, 0.1) is 23.6 Å². The third-order valence-corrected chi connectivity index (χ3v) is 4.18. The number of anilines is 1. The van der Waals surface area contributed by atoms with Gasteiger partial charge in [0, 0.05) is 11.6 Å². The average molecular weight is 351 g/mol. The fraction of sp³-hybridized carbons (Fsp3) is 0.412. The van der Waals surface area contributed by atoms with Gasteiger partial charge in [0.2, 0.25) is 0 Å². The van der Waals surface area contributed by atoms with Gasteiger partial charge in [0.1, 0.15) is 0 Å². The molecule has 1 aromatic heterocycles. The van der Waals surface area contributed by atoms with Crippen molar-refractivity contribution < 1.29 is 0 Å². The second-order valence-corrected chi connectivity index (χ2v) is 6.84. The summed E-state index contributed by atoms with van der Waals surface area (Å²) in [6, 6.07) is 7.82. The molecule has 0 aliphatic carbocycles. The minimum Gasteiger partial charge on any atom is -0.362 e. The van der Waals surface area contributed by atoms with Crippen molar-refractivity contribution in [2.45, 2.75) is 34.2 Å². The minimum atomic E-state index is 0.542. The quantitative estimate of drug-likeness (QED) is 0.795. The fourth-order valence-electron chi connectivity index (χ4n) is 2.27. The molecule has 2 aromatic rings. The Bertz CT molecular complexity index is 694. The lowest BCUT2D eigenvalue weighted by Crippen LogP contribution is -2.31. The fourth-order valence-corrected chi connectivity index (χ4v) is 2.66. The first kappa shape index (κ1) is 17.8. The first-order chi connectivity index (χ1) is 10.9. The van der Waals surface area contributed by atoms with E-state index in [9.17, 15) is 0 Å². The van der Waals surface area contributed by atoms with Crippen LogP contribution in [-0.2, 0) is 6.54 Å². The zero-order valence-corrected chi connectivity index (χ0v) is 15.6. The Morgan fingerprint density at radius 2 is 2.00 bits per heavy atom. The summed E-state index contributed by atoms with van der Waals surface area (Å²) in [7, 11) is 0. The zero-order chi connectivity index (χ0) is 17.0. The first-order valence-corrected chi connectivity index (χ1v) is 8.49. The monoisotopic (exact) mass is 350 g/mol. The second kappa shape index (κ2) is 7.79. The number of halogens is 1. The number of hydrogen-bond acceptors (Lipinski definition) is 2. The third kappa shape index (κ3) is 4.69. The molecule has 0 amide bonds.